The summed E-state index contributed by atoms with van der Waals surface area (Å²) in [6.07, 6.45) is 0. The minimum atomic E-state index is -1.30. The Kier molecular flexibility index (Phi) is 3.29. The highest BCUT2D eigenvalue weighted by atomic mass is 32.1. The van der Waals surface area contributed by atoms with Gasteiger partial charge < -0.3 is 10.4 Å². The Morgan fingerprint density at radius 3 is 2.64 bits per heavy atom. The van der Waals surface area contributed by atoms with Gasteiger partial charge >= 0.3 is 0 Å². The molecule has 78 valence electrons. The summed E-state index contributed by atoms with van der Waals surface area (Å²) in [5.74, 6) is -0.344. The second-order valence-corrected chi connectivity index (χ2v) is 5.13. The fourth-order valence-electron chi connectivity index (χ4n) is 0.964. The van der Waals surface area contributed by atoms with Crippen molar-refractivity contribution >= 4 is 17.2 Å². The number of carbonyl (C=O) groups excluding carboxylic acids is 1. The Labute approximate surface area is 87.8 Å². The zero-order valence-corrected chi connectivity index (χ0v) is 9.44. The highest BCUT2D eigenvalue weighted by Crippen LogP contribution is 2.14. The van der Waals surface area contributed by atoms with Crippen LogP contribution in [0.25, 0.3) is 0 Å². The Hall–Kier alpha value is -0.870. The van der Waals surface area contributed by atoms with Crippen LogP contribution in [0, 0.1) is 6.92 Å². The smallest absolute Gasteiger partial charge is 0.251 e. The molecule has 1 heterocycles. The summed E-state index contributed by atoms with van der Waals surface area (Å²) in [5, 5.41) is 12.0. The van der Waals surface area contributed by atoms with Gasteiger partial charge in [0.25, 0.3) is 5.91 Å². The molecule has 0 bridgehead atoms. The van der Waals surface area contributed by atoms with Gasteiger partial charge in [-0.3, -0.25) is 4.79 Å². The van der Waals surface area contributed by atoms with E-state index in [0.29, 0.717) is 6.54 Å². The van der Waals surface area contributed by atoms with E-state index in [9.17, 15) is 9.90 Å². The van der Waals surface area contributed by atoms with Gasteiger partial charge in [0, 0.05) is 9.75 Å². The average molecular weight is 213 g/mol. The molecule has 0 radical (unpaired) electrons. The normalized spacial score (nSPS) is 11.4. The van der Waals surface area contributed by atoms with Crippen LogP contribution in [0.4, 0.5) is 0 Å². The summed E-state index contributed by atoms with van der Waals surface area (Å²) >= 11 is 1.64. The molecule has 0 aliphatic heterocycles. The largest absolute Gasteiger partial charge is 0.381 e. The van der Waals surface area contributed by atoms with Crippen molar-refractivity contribution in [3.63, 3.8) is 0 Å². The molecule has 14 heavy (non-hydrogen) atoms. The average Bonchev–Trinajstić information content (AvgIpc) is 2.45. The molecule has 3 nitrogen and oxygen atoms in total. The number of carbonyl (C=O) groups is 1. The van der Waals surface area contributed by atoms with E-state index in [1.54, 1.807) is 11.3 Å². The molecule has 0 fully saturated rings. The quantitative estimate of drug-likeness (QED) is 0.798. The van der Waals surface area contributed by atoms with Crippen molar-refractivity contribution in [1.82, 2.24) is 5.32 Å². The van der Waals surface area contributed by atoms with E-state index in [-0.39, 0.29) is 5.91 Å². The minimum absolute atomic E-state index is 0.344. The number of amides is 1. The molecule has 1 rings (SSSR count). The molecule has 1 aromatic rings. The Morgan fingerprint density at radius 1 is 1.57 bits per heavy atom. The summed E-state index contributed by atoms with van der Waals surface area (Å²) in [6.45, 7) is 5.46. The maximum Gasteiger partial charge on any atom is 0.251 e. The van der Waals surface area contributed by atoms with Gasteiger partial charge in [-0.1, -0.05) is 0 Å². The highest BCUT2D eigenvalue weighted by molar-refractivity contribution is 7.11. The van der Waals surface area contributed by atoms with Gasteiger partial charge in [0.15, 0.2) is 0 Å². The lowest BCUT2D eigenvalue weighted by Gasteiger charge is -2.15. The van der Waals surface area contributed by atoms with E-state index in [1.165, 1.54) is 18.7 Å². The van der Waals surface area contributed by atoms with Crippen LogP contribution in [0.5, 0.6) is 0 Å². The molecule has 0 aliphatic carbocycles. The van der Waals surface area contributed by atoms with Crippen LogP contribution in [-0.2, 0) is 11.3 Å². The second kappa shape index (κ2) is 4.11. The molecule has 0 atom stereocenters. The minimum Gasteiger partial charge on any atom is -0.381 e. The molecule has 0 saturated carbocycles. The molecule has 1 aromatic heterocycles. The van der Waals surface area contributed by atoms with Crippen LogP contribution in [-0.4, -0.2) is 16.6 Å². The summed E-state index contributed by atoms with van der Waals surface area (Å²) in [4.78, 5) is 13.6. The van der Waals surface area contributed by atoms with Gasteiger partial charge in [-0.25, -0.2) is 0 Å². The number of thiophene rings is 1. The number of aryl methyl sites for hydroxylation is 1. The first kappa shape index (κ1) is 11.2. The first-order valence-electron chi connectivity index (χ1n) is 4.45. The summed E-state index contributed by atoms with van der Waals surface area (Å²) in [5.41, 5.74) is -1.30. The number of aliphatic hydroxyl groups is 1. The van der Waals surface area contributed by atoms with Crippen LogP contribution in [0.2, 0.25) is 0 Å². The third-order valence-electron chi connectivity index (χ3n) is 1.77. The van der Waals surface area contributed by atoms with Gasteiger partial charge in [0.1, 0.15) is 5.60 Å². The van der Waals surface area contributed by atoms with Crippen LogP contribution in [0.1, 0.15) is 23.6 Å². The highest BCUT2D eigenvalue weighted by Gasteiger charge is 2.22. The van der Waals surface area contributed by atoms with Crippen LogP contribution in [0.15, 0.2) is 12.1 Å². The van der Waals surface area contributed by atoms with Gasteiger partial charge in [-0.05, 0) is 32.9 Å². The summed E-state index contributed by atoms with van der Waals surface area (Å²) in [6, 6.07) is 3.99. The van der Waals surface area contributed by atoms with E-state index >= 15 is 0 Å². The number of hydrogen-bond donors (Lipinski definition) is 2. The van der Waals surface area contributed by atoms with Crippen molar-refractivity contribution in [2.45, 2.75) is 32.9 Å². The first-order chi connectivity index (χ1) is 6.39. The zero-order valence-electron chi connectivity index (χ0n) is 8.63. The molecule has 0 aromatic carbocycles. The SMILES string of the molecule is Cc1ccc(CNC(=O)C(C)(C)O)s1. The lowest BCUT2D eigenvalue weighted by atomic mass is 10.1. The van der Waals surface area contributed by atoms with Crippen molar-refractivity contribution in [3.8, 4) is 0 Å². The Balaban J connectivity index is 2.46. The van der Waals surface area contributed by atoms with Crippen molar-refractivity contribution in [3.05, 3.63) is 21.9 Å². The lowest BCUT2D eigenvalue weighted by Crippen LogP contribution is -2.41. The van der Waals surface area contributed by atoms with E-state index in [0.717, 1.165) is 4.88 Å². The molecule has 0 aliphatic rings. The third-order valence-corrected chi connectivity index (χ3v) is 2.78. The zero-order chi connectivity index (χ0) is 10.8. The fraction of sp³-hybridized carbons (Fsp3) is 0.500. The molecule has 2 N–H and O–H groups in total. The molecule has 4 heteroatoms. The molecule has 1 amide bonds. The summed E-state index contributed by atoms with van der Waals surface area (Å²) < 4.78 is 0. The maximum atomic E-state index is 11.3. The van der Waals surface area contributed by atoms with Crippen molar-refractivity contribution in [2.24, 2.45) is 0 Å². The van der Waals surface area contributed by atoms with Crippen LogP contribution in [0.3, 0.4) is 0 Å². The standard InChI is InChI=1S/C10H15NO2S/c1-7-4-5-8(14-7)6-11-9(12)10(2,3)13/h4-5,13H,6H2,1-3H3,(H,11,12). The monoisotopic (exact) mass is 213 g/mol. The Morgan fingerprint density at radius 2 is 2.21 bits per heavy atom. The number of rotatable bonds is 3. The first-order valence-corrected chi connectivity index (χ1v) is 5.27. The fourth-order valence-corrected chi connectivity index (χ4v) is 1.79. The second-order valence-electron chi connectivity index (χ2n) is 3.75. The van der Waals surface area contributed by atoms with Gasteiger partial charge in [0.2, 0.25) is 0 Å². The van der Waals surface area contributed by atoms with E-state index in [1.807, 2.05) is 19.1 Å². The van der Waals surface area contributed by atoms with Crippen LogP contribution < -0.4 is 5.32 Å². The third kappa shape index (κ3) is 3.12. The van der Waals surface area contributed by atoms with Gasteiger partial charge in [-0.15, -0.1) is 11.3 Å². The molecule has 0 unspecified atom stereocenters. The molecule has 0 spiro atoms. The van der Waals surface area contributed by atoms with Crippen LogP contribution >= 0.6 is 11.3 Å². The predicted molar refractivity (Wildman–Crippen MR) is 57.2 cm³/mol. The van der Waals surface area contributed by atoms with Gasteiger partial charge in [0.05, 0.1) is 6.54 Å². The molecular formula is C10H15NO2S. The molecule has 0 saturated heterocycles. The van der Waals surface area contributed by atoms with E-state index in [2.05, 4.69) is 5.32 Å². The number of nitrogens with one attached hydrogen (secondary N) is 1. The summed E-state index contributed by atoms with van der Waals surface area (Å²) in [7, 11) is 0. The van der Waals surface area contributed by atoms with Crippen molar-refractivity contribution in [2.75, 3.05) is 0 Å². The lowest BCUT2D eigenvalue weighted by molar-refractivity contribution is -0.136. The van der Waals surface area contributed by atoms with Crippen molar-refractivity contribution in [1.29, 1.82) is 0 Å². The maximum absolute atomic E-state index is 11.3. The topological polar surface area (TPSA) is 49.3 Å². The van der Waals surface area contributed by atoms with Gasteiger partial charge in [-0.2, -0.15) is 0 Å². The van der Waals surface area contributed by atoms with E-state index in [4.69, 9.17) is 0 Å². The molecular weight excluding hydrogens is 198 g/mol. The Bertz CT molecular complexity index is 325. The van der Waals surface area contributed by atoms with Crippen molar-refractivity contribution < 1.29 is 9.90 Å². The van der Waals surface area contributed by atoms with E-state index < -0.39 is 5.60 Å². The number of hydrogen-bond acceptors (Lipinski definition) is 3. The predicted octanol–water partition coefficient (Wildman–Crippen LogP) is 1.44.